The number of nitrogens with zero attached hydrogens (tertiary/aromatic N) is 4. The zero-order chi connectivity index (χ0) is 25.4. The van der Waals surface area contributed by atoms with E-state index in [1.807, 2.05) is 6.20 Å². The molecule has 0 radical (unpaired) electrons. The van der Waals surface area contributed by atoms with Crippen molar-refractivity contribution in [1.29, 1.82) is 0 Å². The van der Waals surface area contributed by atoms with E-state index in [0.717, 1.165) is 54.5 Å². The van der Waals surface area contributed by atoms with Gasteiger partial charge >= 0.3 is 0 Å². The molecule has 0 bridgehead atoms. The summed E-state index contributed by atoms with van der Waals surface area (Å²) in [7, 11) is 2.23. The van der Waals surface area contributed by atoms with Crippen molar-refractivity contribution in [3.05, 3.63) is 42.2 Å². The van der Waals surface area contributed by atoms with E-state index >= 15 is 0 Å². The van der Waals surface area contributed by atoms with E-state index in [2.05, 4.69) is 59.2 Å². The summed E-state index contributed by atoms with van der Waals surface area (Å²) >= 11 is 0. The lowest BCUT2D eigenvalue weighted by atomic mass is 9.90. The molecule has 6 nitrogen and oxygen atoms in total. The van der Waals surface area contributed by atoms with E-state index in [0.29, 0.717) is 12.1 Å². The number of aliphatic hydroxyl groups is 1. The Balaban J connectivity index is 1.27. The van der Waals surface area contributed by atoms with Gasteiger partial charge in [0.05, 0.1) is 6.10 Å². The van der Waals surface area contributed by atoms with Crippen molar-refractivity contribution in [1.82, 2.24) is 19.4 Å². The average molecular weight is 502 g/mol. The minimum Gasteiger partial charge on any atom is -0.393 e. The highest BCUT2D eigenvalue weighted by Gasteiger charge is 2.26. The number of anilines is 1. The molecule has 6 heteroatoms. The molecular formula is C31H43N5O. The predicted octanol–water partition coefficient (Wildman–Crippen LogP) is 6.06. The Labute approximate surface area is 221 Å². The maximum atomic E-state index is 10.1. The second-order valence-corrected chi connectivity index (χ2v) is 12.2. The lowest BCUT2D eigenvalue weighted by molar-refractivity contribution is 0.111. The van der Waals surface area contributed by atoms with Gasteiger partial charge in [0, 0.05) is 35.4 Å². The van der Waals surface area contributed by atoms with E-state index < -0.39 is 0 Å². The largest absolute Gasteiger partial charge is 0.393 e. The van der Waals surface area contributed by atoms with E-state index in [9.17, 15) is 5.11 Å². The number of hydrogen-bond acceptors (Lipinski definition) is 5. The van der Waals surface area contributed by atoms with E-state index in [-0.39, 0.29) is 6.10 Å². The number of nitrogens with one attached hydrogen (secondary N) is 1. The van der Waals surface area contributed by atoms with Crippen LogP contribution in [0.5, 0.6) is 0 Å². The van der Waals surface area contributed by atoms with Gasteiger partial charge in [-0.2, -0.15) is 4.98 Å². The third kappa shape index (κ3) is 5.85. The van der Waals surface area contributed by atoms with Crippen LogP contribution in [0.15, 0.2) is 36.7 Å². The smallest absolute Gasteiger partial charge is 0.224 e. The van der Waals surface area contributed by atoms with Crippen LogP contribution in [0.4, 0.5) is 5.95 Å². The SMILES string of the molecule is C[C@@H](CC1CC1)Nc1ncc2c(-c3ccc(CC4CCN(C)CC4)cc3)cn([C@H]3CC[C@H](O)CC3)c2n1. The Morgan fingerprint density at radius 1 is 0.973 bits per heavy atom. The highest BCUT2D eigenvalue weighted by molar-refractivity contribution is 5.94. The van der Waals surface area contributed by atoms with Crippen molar-refractivity contribution in [3.63, 3.8) is 0 Å². The third-order valence-corrected chi connectivity index (χ3v) is 9.02. The van der Waals surface area contributed by atoms with Gasteiger partial charge in [-0.15, -0.1) is 0 Å². The van der Waals surface area contributed by atoms with Gasteiger partial charge in [-0.3, -0.25) is 0 Å². The summed E-state index contributed by atoms with van der Waals surface area (Å²) in [6, 6.07) is 9.98. The van der Waals surface area contributed by atoms with Crippen molar-refractivity contribution in [2.75, 3.05) is 25.5 Å². The number of aliphatic hydroxyl groups excluding tert-OH is 1. The Morgan fingerprint density at radius 3 is 2.41 bits per heavy atom. The third-order valence-electron chi connectivity index (χ3n) is 9.02. The van der Waals surface area contributed by atoms with Crippen LogP contribution in [0.2, 0.25) is 0 Å². The van der Waals surface area contributed by atoms with Crippen LogP contribution in [0.1, 0.15) is 76.3 Å². The monoisotopic (exact) mass is 501 g/mol. The molecular weight excluding hydrogens is 458 g/mol. The molecule has 198 valence electrons. The molecule has 1 saturated heterocycles. The maximum absolute atomic E-state index is 10.1. The first kappa shape index (κ1) is 24.9. The molecule has 1 aliphatic heterocycles. The lowest BCUT2D eigenvalue weighted by Crippen LogP contribution is -2.30. The molecule has 3 aromatic rings. The topological polar surface area (TPSA) is 66.2 Å². The van der Waals surface area contributed by atoms with E-state index in [1.54, 1.807) is 0 Å². The maximum Gasteiger partial charge on any atom is 0.224 e. The molecule has 0 amide bonds. The van der Waals surface area contributed by atoms with Crippen LogP contribution >= 0.6 is 0 Å². The molecule has 2 aromatic heterocycles. The predicted molar refractivity (Wildman–Crippen MR) is 151 cm³/mol. The molecule has 1 aromatic carbocycles. The first-order valence-corrected chi connectivity index (χ1v) is 14.6. The zero-order valence-electron chi connectivity index (χ0n) is 22.6. The molecule has 6 rings (SSSR count). The second-order valence-electron chi connectivity index (χ2n) is 12.2. The molecule has 0 spiro atoms. The summed E-state index contributed by atoms with van der Waals surface area (Å²) in [5.74, 6) is 2.40. The number of aromatic nitrogens is 3. The van der Waals surface area contributed by atoms with Gasteiger partial charge in [-0.25, -0.2) is 4.98 Å². The second kappa shape index (κ2) is 10.7. The molecule has 3 fully saturated rings. The van der Waals surface area contributed by atoms with Crippen molar-refractivity contribution < 1.29 is 5.11 Å². The van der Waals surface area contributed by atoms with Gasteiger partial charge in [0.1, 0.15) is 5.65 Å². The molecule has 3 aliphatic rings. The standard InChI is InChI=1S/C31H43N5O/c1-21(17-22-3-4-22)33-31-32-19-28-29(20-36(30(28)34-31)26-9-11-27(37)12-10-26)25-7-5-23(6-8-25)18-24-13-15-35(2)16-14-24/h5-8,19-22,24,26-27,37H,3-4,9-18H2,1-2H3,(H,32,33,34)/t21-,26-,27-/m0/s1. The molecule has 2 aliphatic carbocycles. The van der Waals surface area contributed by atoms with Gasteiger partial charge in [0.15, 0.2) is 0 Å². The Morgan fingerprint density at radius 2 is 1.70 bits per heavy atom. The summed E-state index contributed by atoms with van der Waals surface area (Å²) in [6.45, 7) is 4.68. The fourth-order valence-electron chi connectivity index (χ4n) is 6.50. The first-order chi connectivity index (χ1) is 18.0. The zero-order valence-corrected chi connectivity index (χ0v) is 22.6. The molecule has 2 N–H and O–H groups in total. The molecule has 37 heavy (non-hydrogen) atoms. The van der Waals surface area contributed by atoms with Crippen LogP contribution in [0.3, 0.4) is 0 Å². The van der Waals surface area contributed by atoms with Crippen LogP contribution in [-0.2, 0) is 6.42 Å². The average Bonchev–Trinajstić information content (AvgIpc) is 3.64. The molecule has 0 unspecified atom stereocenters. The van der Waals surface area contributed by atoms with Gasteiger partial charge in [0.25, 0.3) is 0 Å². The number of hydrogen-bond donors (Lipinski definition) is 2. The fraction of sp³-hybridized carbons (Fsp3) is 0.613. The first-order valence-electron chi connectivity index (χ1n) is 14.6. The van der Waals surface area contributed by atoms with E-state index in [1.165, 1.54) is 68.3 Å². The Kier molecular flexibility index (Phi) is 7.22. The quantitative estimate of drug-likeness (QED) is 0.393. The summed E-state index contributed by atoms with van der Waals surface area (Å²) in [4.78, 5) is 12.3. The summed E-state index contributed by atoms with van der Waals surface area (Å²) in [5, 5.41) is 14.8. The highest BCUT2D eigenvalue weighted by Crippen LogP contribution is 2.37. The number of rotatable bonds is 8. The number of likely N-dealkylation sites (tertiary alicyclic amines) is 1. The normalized spacial score (nSPS) is 24.4. The summed E-state index contributed by atoms with van der Waals surface area (Å²) in [5.41, 5.74) is 4.90. The summed E-state index contributed by atoms with van der Waals surface area (Å²) < 4.78 is 2.38. The molecule has 1 atom stereocenters. The van der Waals surface area contributed by atoms with Gasteiger partial charge in [-0.05, 0) is 101 Å². The van der Waals surface area contributed by atoms with Crippen molar-refractivity contribution in [2.45, 2.75) is 89.3 Å². The van der Waals surface area contributed by atoms with Crippen LogP contribution in [0.25, 0.3) is 22.2 Å². The van der Waals surface area contributed by atoms with E-state index in [4.69, 9.17) is 9.97 Å². The van der Waals surface area contributed by atoms with Crippen LogP contribution < -0.4 is 5.32 Å². The minimum absolute atomic E-state index is 0.162. The van der Waals surface area contributed by atoms with Crippen molar-refractivity contribution >= 4 is 17.0 Å². The molecule has 3 heterocycles. The molecule has 2 saturated carbocycles. The lowest BCUT2D eigenvalue weighted by Gasteiger charge is -2.29. The fourth-order valence-corrected chi connectivity index (χ4v) is 6.50. The number of benzene rings is 1. The van der Waals surface area contributed by atoms with Gasteiger partial charge in [0.2, 0.25) is 5.95 Å². The number of piperidine rings is 1. The number of fused-ring (bicyclic) bond motifs is 1. The van der Waals surface area contributed by atoms with Crippen LogP contribution in [0, 0.1) is 11.8 Å². The van der Waals surface area contributed by atoms with Crippen LogP contribution in [-0.4, -0.2) is 56.8 Å². The highest BCUT2D eigenvalue weighted by atomic mass is 16.3. The van der Waals surface area contributed by atoms with Gasteiger partial charge in [-0.1, -0.05) is 37.1 Å². The Hall–Kier alpha value is -2.44. The van der Waals surface area contributed by atoms with Crippen molar-refractivity contribution in [2.24, 2.45) is 11.8 Å². The Bertz CT molecular complexity index is 1180. The van der Waals surface area contributed by atoms with Crippen molar-refractivity contribution in [3.8, 4) is 11.1 Å². The summed E-state index contributed by atoms with van der Waals surface area (Å²) in [6.07, 6.45) is 15.6. The van der Waals surface area contributed by atoms with Gasteiger partial charge < -0.3 is 19.9 Å². The minimum atomic E-state index is -0.162.